The van der Waals surface area contributed by atoms with Crippen LogP contribution in [0.4, 0.5) is 0 Å². The van der Waals surface area contributed by atoms with E-state index in [1.165, 1.54) is 11.8 Å². The quantitative estimate of drug-likeness (QED) is 0.344. The van der Waals surface area contributed by atoms with Gasteiger partial charge in [-0.1, -0.05) is 6.58 Å². The highest BCUT2D eigenvalue weighted by Crippen LogP contribution is 2.05. The summed E-state index contributed by atoms with van der Waals surface area (Å²) in [4.78, 5) is 11.0. The van der Waals surface area contributed by atoms with Crippen molar-refractivity contribution in [3.8, 4) is 0 Å². The first kappa shape index (κ1) is 12.7. The molecule has 0 unspecified atom stereocenters. The first-order valence-electron chi connectivity index (χ1n) is 3.99. The number of amides is 1. The number of aliphatic hydroxyl groups excluding tert-OH is 1. The molecular formula is C8H15NO2S2. The van der Waals surface area contributed by atoms with E-state index in [1.807, 2.05) is 0 Å². The van der Waals surface area contributed by atoms with Crippen LogP contribution < -0.4 is 5.32 Å². The Kier molecular flexibility index (Phi) is 8.13. The fourth-order valence-electron chi connectivity index (χ4n) is 0.639. The average molecular weight is 221 g/mol. The molecule has 0 aromatic carbocycles. The fraction of sp³-hybridized carbons (Fsp3) is 0.625. The molecular weight excluding hydrogens is 206 g/mol. The predicted molar refractivity (Wildman–Crippen MR) is 60.6 cm³/mol. The normalized spacial score (nSPS) is 9.62. The molecule has 76 valence electrons. The van der Waals surface area contributed by atoms with Crippen LogP contribution >= 0.6 is 24.4 Å². The first-order chi connectivity index (χ1) is 6.16. The number of thioether (sulfide) groups is 1. The number of hydrogen-bond acceptors (Lipinski definition) is 4. The lowest BCUT2D eigenvalue weighted by Gasteiger charge is -2.02. The molecule has 0 aliphatic carbocycles. The molecule has 0 aromatic heterocycles. The Morgan fingerprint density at radius 2 is 2.31 bits per heavy atom. The number of aliphatic hydroxyl groups is 1. The maximum absolute atomic E-state index is 11.0. The van der Waals surface area contributed by atoms with Crippen LogP contribution in [0.3, 0.4) is 0 Å². The maximum atomic E-state index is 11.0. The molecule has 0 saturated carbocycles. The van der Waals surface area contributed by atoms with E-state index in [4.69, 9.17) is 5.11 Å². The molecule has 0 spiro atoms. The van der Waals surface area contributed by atoms with Gasteiger partial charge in [0.1, 0.15) is 0 Å². The topological polar surface area (TPSA) is 49.3 Å². The summed E-state index contributed by atoms with van der Waals surface area (Å²) in [5.41, 5.74) is 0. The van der Waals surface area contributed by atoms with Gasteiger partial charge in [0.25, 0.3) is 0 Å². The van der Waals surface area contributed by atoms with Gasteiger partial charge in [-0.05, 0) is 0 Å². The molecule has 0 rings (SSSR count). The number of thiol groups is 1. The standard InChI is InChI=1S/C8H15NO2S2/c1-7(10)6-13-5-2-8(11)9-3-4-12/h10,12H,1-6H2,(H,9,11). The second-order valence-electron chi connectivity index (χ2n) is 2.44. The summed E-state index contributed by atoms with van der Waals surface area (Å²) in [7, 11) is 0. The predicted octanol–water partition coefficient (Wildman–Crippen LogP) is 1.23. The van der Waals surface area contributed by atoms with Crippen LogP contribution in [-0.4, -0.2) is 34.8 Å². The van der Waals surface area contributed by atoms with Crippen molar-refractivity contribution in [2.24, 2.45) is 0 Å². The SMILES string of the molecule is C=C(O)CSCCC(=O)NCCS. The van der Waals surface area contributed by atoms with Crippen LogP contribution in [-0.2, 0) is 4.79 Å². The lowest BCUT2D eigenvalue weighted by molar-refractivity contribution is -0.120. The average Bonchev–Trinajstić information content (AvgIpc) is 2.08. The van der Waals surface area contributed by atoms with Crippen molar-refractivity contribution in [3.05, 3.63) is 12.3 Å². The summed E-state index contributed by atoms with van der Waals surface area (Å²) in [5.74, 6) is 2.05. The molecule has 0 bridgehead atoms. The molecule has 2 N–H and O–H groups in total. The van der Waals surface area contributed by atoms with E-state index >= 15 is 0 Å². The van der Waals surface area contributed by atoms with Crippen LogP contribution in [0.5, 0.6) is 0 Å². The van der Waals surface area contributed by atoms with Crippen molar-refractivity contribution in [2.75, 3.05) is 23.8 Å². The van der Waals surface area contributed by atoms with E-state index in [9.17, 15) is 4.79 Å². The van der Waals surface area contributed by atoms with Crippen molar-refractivity contribution >= 4 is 30.3 Å². The molecule has 0 heterocycles. The minimum atomic E-state index is 0.0325. The Morgan fingerprint density at radius 3 is 2.85 bits per heavy atom. The van der Waals surface area contributed by atoms with E-state index in [0.29, 0.717) is 30.2 Å². The molecule has 5 heteroatoms. The Morgan fingerprint density at radius 1 is 1.62 bits per heavy atom. The van der Waals surface area contributed by atoms with Gasteiger partial charge in [-0.15, -0.1) is 0 Å². The molecule has 0 saturated heterocycles. The number of hydrogen-bond donors (Lipinski definition) is 3. The molecule has 1 amide bonds. The smallest absolute Gasteiger partial charge is 0.220 e. The zero-order chi connectivity index (χ0) is 10.1. The highest BCUT2D eigenvalue weighted by atomic mass is 32.2. The van der Waals surface area contributed by atoms with Gasteiger partial charge in [-0.25, -0.2) is 0 Å². The molecule has 0 fully saturated rings. The van der Waals surface area contributed by atoms with E-state index in [-0.39, 0.29) is 11.7 Å². The molecule has 0 atom stereocenters. The van der Waals surface area contributed by atoms with Crippen molar-refractivity contribution in [2.45, 2.75) is 6.42 Å². The zero-order valence-corrected chi connectivity index (χ0v) is 9.16. The Bertz CT molecular complexity index is 174. The van der Waals surface area contributed by atoms with Gasteiger partial charge in [-0.2, -0.15) is 24.4 Å². The molecule has 0 aromatic rings. The highest BCUT2D eigenvalue weighted by molar-refractivity contribution is 7.99. The summed E-state index contributed by atoms with van der Waals surface area (Å²) in [6.45, 7) is 3.96. The minimum absolute atomic E-state index is 0.0325. The Balaban J connectivity index is 3.22. The van der Waals surface area contributed by atoms with Crippen LogP contribution in [0.15, 0.2) is 12.3 Å². The Hall–Kier alpha value is -0.290. The lowest BCUT2D eigenvalue weighted by atomic mass is 10.4. The third-order valence-electron chi connectivity index (χ3n) is 1.18. The van der Waals surface area contributed by atoms with E-state index in [2.05, 4.69) is 24.5 Å². The van der Waals surface area contributed by atoms with Gasteiger partial charge in [0.2, 0.25) is 5.91 Å². The second-order valence-corrected chi connectivity index (χ2v) is 3.99. The van der Waals surface area contributed by atoms with Crippen LogP contribution in [0, 0.1) is 0 Å². The van der Waals surface area contributed by atoms with Crippen molar-refractivity contribution in [1.29, 1.82) is 0 Å². The van der Waals surface area contributed by atoms with Crippen molar-refractivity contribution in [1.82, 2.24) is 5.32 Å². The number of carbonyl (C=O) groups is 1. The largest absolute Gasteiger partial charge is 0.512 e. The highest BCUT2D eigenvalue weighted by Gasteiger charge is 1.99. The maximum Gasteiger partial charge on any atom is 0.220 e. The summed E-state index contributed by atoms with van der Waals surface area (Å²) in [6.07, 6.45) is 0.478. The number of nitrogens with one attached hydrogen (secondary N) is 1. The van der Waals surface area contributed by atoms with Crippen LogP contribution in [0.2, 0.25) is 0 Å². The third kappa shape index (κ3) is 9.63. The fourth-order valence-corrected chi connectivity index (χ4v) is 1.46. The summed E-state index contributed by atoms with van der Waals surface area (Å²) < 4.78 is 0. The summed E-state index contributed by atoms with van der Waals surface area (Å²) in [6, 6.07) is 0. The molecule has 13 heavy (non-hydrogen) atoms. The van der Waals surface area contributed by atoms with Gasteiger partial charge < -0.3 is 10.4 Å². The summed E-state index contributed by atoms with van der Waals surface area (Å²) >= 11 is 5.46. The number of carbonyl (C=O) groups excluding carboxylic acids is 1. The van der Waals surface area contributed by atoms with Crippen LogP contribution in [0.1, 0.15) is 6.42 Å². The molecule has 0 radical (unpaired) electrons. The van der Waals surface area contributed by atoms with Gasteiger partial charge in [0.05, 0.1) is 11.5 Å². The van der Waals surface area contributed by atoms with E-state index in [1.54, 1.807) is 0 Å². The molecule has 0 aliphatic rings. The minimum Gasteiger partial charge on any atom is -0.512 e. The van der Waals surface area contributed by atoms with Gasteiger partial charge in [0.15, 0.2) is 0 Å². The second kappa shape index (κ2) is 8.31. The van der Waals surface area contributed by atoms with Gasteiger partial charge >= 0.3 is 0 Å². The Labute approximate surface area is 88.4 Å². The van der Waals surface area contributed by atoms with Gasteiger partial charge in [0, 0.05) is 24.5 Å². The van der Waals surface area contributed by atoms with E-state index < -0.39 is 0 Å². The number of rotatable bonds is 7. The van der Waals surface area contributed by atoms with E-state index in [0.717, 1.165) is 0 Å². The van der Waals surface area contributed by atoms with Crippen LogP contribution in [0.25, 0.3) is 0 Å². The molecule has 0 aliphatic heterocycles. The monoisotopic (exact) mass is 221 g/mol. The molecule has 3 nitrogen and oxygen atoms in total. The zero-order valence-electron chi connectivity index (χ0n) is 7.45. The lowest BCUT2D eigenvalue weighted by Crippen LogP contribution is -2.25. The van der Waals surface area contributed by atoms with Crippen molar-refractivity contribution < 1.29 is 9.90 Å². The summed E-state index contributed by atoms with van der Waals surface area (Å²) in [5, 5.41) is 11.4. The van der Waals surface area contributed by atoms with Crippen molar-refractivity contribution in [3.63, 3.8) is 0 Å². The third-order valence-corrected chi connectivity index (χ3v) is 2.43. The first-order valence-corrected chi connectivity index (χ1v) is 5.77. The van der Waals surface area contributed by atoms with Gasteiger partial charge in [-0.3, -0.25) is 4.79 Å².